The summed E-state index contributed by atoms with van der Waals surface area (Å²) >= 11 is 1.13. The number of hydrogen-bond acceptors (Lipinski definition) is 8. The van der Waals surface area contributed by atoms with E-state index in [0.717, 1.165) is 11.8 Å². The van der Waals surface area contributed by atoms with Crippen molar-refractivity contribution in [1.82, 2.24) is 14.9 Å². The van der Waals surface area contributed by atoms with Crippen LogP contribution in [0.5, 0.6) is 5.88 Å². The third-order valence-electron chi connectivity index (χ3n) is 5.48. The Morgan fingerprint density at radius 2 is 2.12 bits per heavy atom. The number of nitrogens with zero attached hydrogens (tertiary/aromatic N) is 5. The molecule has 1 aromatic carbocycles. The van der Waals surface area contributed by atoms with Gasteiger partial charge < -0.3 is 15.4 Å². The molecule has 2 atom stereocenters. The number of amidine groups is 1. The van der Waals surface area contributed by atoms with Gasteiger partial charge in [0.05, 0.1) is 12.4 Å². The van der Waals surface area contributed by atoms with Crippen molar-refractivity contribution in [3.05, 3.63) is 64.9 Å². The summed E-state index contributed by atoms with van der Waals surface area (Å²) in [4.78, 5) is 26.6. The third kappa shape index (κ3) is 4.01. The second kappa shape index (κ2) is 8.53. The molecule has 11 heteroatoms. The molecule has 0 unspecified atom stereocenters. The molecule has 8 nitrogen and oxygen atoms in total. The quantitative estimate of drug-likeness (QED) is 0.629. The van der Waals surface area contributed by atoms with E-state index in [2.05, 4.69) is 15.0 Å². The molecule has 1 amide bonds. The predicted molar refractivity (Wildman–Crippen MR) is 125 cm³/mol. The van der Waals surface area contributed by atoms with Gasteiger partial charge in [0.2, 0.25) is 11.8 Å². The lowest BCUT2D eigenvalue weighted by molar-refractivity contribution is -0.128. The number of carbonyl (C=O) groups is 1. The van der Waals surface area contributed by atoms with Gasteiger partial charge in [0.25, 0.3) is 0 Å². The minimum atomic E-state index is -1.22. The molecule has 0 bridgehead atoms. The first-order valence-electron chi connectivity index (χ1n) is 10.1. The van der Waals surface area contributed by atoms with Crippen LogP contribution in [0.4, 0.5) is 8.78 Å². The fourth-order valence-electron chi connectivity index (χ4n) is 3.83. The number of fused-ring (bicyclic) bond motifs is 1. The van der Waals surface area contributed by atoms with E-state index in [-0.39, 0.29) is 34.8 Å². The van der Waals surface area contributed by atoms with E-state index in [0.29, 0.717) is 11.1 Å². The lowest BCUT2D eigenvalue weighted by Crippen LogP contribution is -2.43. The van der Waals surface area contributed by atoms with Crippen molar-refractivity contribution in [2.24, 2.45) is 10.7 Å². The number of aromatic nitrogens is 2. The molecule has 174 valence electrons. The molecule has 0 saturated carbocycles. The molecule has 2 N–H and O–H groups in total. The summed E-state index contributed by atoms with van der Waals surface area (Å²) < 4.78 is 33.8. The number of benzene rings is 1. The maximum Gasteiger partial charge on any atom is 0.247 e. The Balaban J connectivity index is 1.66. The molecule has 2 aliphatic rings. The maximum atomic E-state index is 15.0. The zero-order chi connectivity index (χ0) is 24.7. The molecule has 0 fully saturated rings. The average Bonchev–Trinajstić information content (AvgIpc) is 3.55. The number of nitriles is 1. The van der Waals surface area contributed by atoms with Crippen molar-refractivity contribution >= 4 is 34.7 Å². The lowest BCUT2D eigenvalue weighted by atomic mass is 9.86. The maximum absolute atomic E-state index is 15.0. The van der Waals surface area contributed by atoms with E-state index in [1.54, 1.807) is 33.2 Å². The van der Waals surface area contributed by atoms with Crippen molar-refractivity contribution < 1.29 is 18.3 Å². The summed E-state index contributed by atoms with van der Waals surface area (Å²) in [5.74, 6) is -1.35. The van der Waals surface area contributed by atoms with Crippen LogP contribution in [0.3, 0.4) is 0 Å². The van der Waals surface area contributed by atoms with Gasteiger partial charge in [-0.05, 0) is 36.3 Å². The number of ether oxygens (including phenoxy) is 1. The van der Waals surface area contributed by atoms with Crippen LogP contribution >= 0.6 is 11.8 Å². The van der Waals surface area contributed by atoms with Gasteiger partial charge in [-0.1, -0.05) is 23.9 Å². The Bertz CT molecular complexity index is 1300. The Morgan fingerprint density at radius 3 is 2.76 bits per heavy atom. The summed E-state index contributed by atoms with van der Waals surface area (Å²) in [6, 6.07) is 5.91. The van der Waals surface area contributed by atoms with Gasteiger partial charge in [0.15, 0.2) is 17.6 Å². The Hall–Kier alpha value is -3.78. The third-order valence-corrected chi connectivity index (χ3v) is 6.61. The summed E-state index contributed by atoms with van der Waals surface area (Å²) in [5.41, 5.74) is 5.94. The summed E-state index contributed by atoms with van der Waals surface area (Å²) in [7, 11) is 3.28. The molecular formula is C23H20F2N6O2S. The van der Waals surface area contributed by atoms with E-state index in [1.807, 2.05) is 0 Å². The molecule has 2 aromatic rings. The van der Waals surface area contributed by atoms with E-state index in [1.165, 1.54) is 41.6 Å². The largest absolute Gasteiger partial charge is 0.461 e. The van der Waals surface area contributed by atoms with Crippen LogP contribution in [0.25, 0.3) is 11.9 Å². The molecule has 0 radical (unpaired) electrons. The number of aliphatic imine (C=N–C) groups is 1. The van der Waals surface area contributed by atoms with E-state index in [4.69, 9.17) is 15.7 Å². The standard InChI is InChI=1S/C23H20F2N6O2S/c1-22(18-10-23(18,20(32)31(2)3)34-21(27)30-22)14-8-13(4-5-15(14)24)9-16(25)17-11-29-19(12-28-17)33-7-6-26/h4-5,8-12H,7H2,1-3H3,(H2,27,30)/b16-9-/t22-,23+/m1/s1. The van der Waals surface area contributed by atoms with Crippen molar-refractivity contribution in [3.8, 4) is 11.9 Å². The number of halogens is 2. The van der Waals surface area contributed by atoms with Gasteiger partial charge in [0, 0.05) is 19.7 Å². The van der Waals surface area contributed by atoms with E-state index < -0.39 is 21.9 Å². The van der Waals surface area contributed by atoms with Crippen molar-refractivity contribution in [2.75, 3.05) is 20.7 Å². The van der Waals surface area contributed by atoms with Crippen molar-refractivity contribution in [3.63, 3.8) is 0 Å². The van der Waals surface area contributed by atoms with Crippen molar-refractivity contribution in [1.29, 1.82) is 5.26 Å². The SMILES string of the molecule is CN(C)C(=O)[C@]12C=C1[C@@](C)(c1cc(/C=C(\F)c3cnc(OCC#N)cn3)ccc1F)N=C(N)S2. The van der Waals surface area contributed by atoms with Crippen LogP contribution in [-0.4, -0.2) is 51.4 Å². The average molecular weight is 483 g/mol. The molecule has 34 heavy (non-hydrogen) atoms. The van der Waals surface area contributed by atoms with E-state index >= 15 is 0 Å². The lowest BCUT2D eigenvalue weighted by Gasteiger charge is -2.34. The molecule has 1 aromatic heterocycles. The molecule has 4 rings (SSSR count). The topological polar surface area (TPSA) is 117 Å². The predicted octanol–water partition coefficient (Wildman–Crippen LogP) is 3.03. The first-order chi connectivity index (χ1) is 16.1. The zero-order valence-corrected chi connectivity index (χ0v) is 19.4. The number of hydrogen-bond donors (Lipinski definition) is 1. The number of rotatable bonds is 6. The second-order valence-electron chi connectivity index (χ2n) is 8.04. The van der Waals surface area contributed by atoms with Crippen LogP contribution in [0.1, 0.15) is 23.7 Å². The highest BCUT2D eigenvalue weighted by molar-refractivity contribution is 8.16. The number of carbonyl (C=O) groups excluding carboxylic acids is 1. The Kier molecular flexibility index (Phi) is 5.87. The van der Waals surface area contributed by atoms with Crippen LogP contribution in [-0.2, 0) is 10.3 Å². The number of amides is 1. The molecule has 1 aliphatic carbocycles. The monoisotopic (exact) mass is 482 g/mol. The van der Waals surface area contributed by atoms with E-state index in [9.17, 15) is 13.6 Å². The van der Waals surface area contributed by atoms with Gasteiger partial charge in [-0.25, -0.2) is 23.7 Å². The van der Waals surface area contributed by atoms with Crippen LogP contribution < -0.4 is 10.5 Å². The minimum Gasteiger partial charge on any atom is -0.461 e. The fourth-order valence-corrected chi connectivity index (χ4v) is 5.14. The van der Waals surface area contributed by atoms with Crippen LogP contribution in [0.15, 0.2) is 47.2 Å². The van der Waals surface area contributed by atoms with Gasteiger partial charge in [-0.3, -0.25) is 4.79 Å². The van der Waals surface area contributed by atoms with Gasteiger partial charge in [-0.2, -0.15) is 5.26 Å². The molecular weight excluding hydrogens is 462 g/mol. The number of nitrogens with two attached hydrogens (primary N) is 1. The van der Waals surface area contributed by atoms with Gasteiger partial charge in [0.1, 0.15) is 27.9 Å². The second-order valence-corrected chi connectivity index (χ2v) is 9.30. The normalized spacial score (nSPS) is 23.2. The minimum absolute atomic E-state index is 0.0572. The van der Waals surface area contributed by atoms with Crippen LogP contribution in [0, 0.1) is 17.1 Å². The first-order valence-corrected chi connectivity index (χ1v) is 10.9. The summed E-state index contributed by atoms with van der Waals surface area (Å²) in [5, 5.41) is 8.69. The molecule has 0 spiro atoms. The summed E-state index contributed by atoms with van der Waals surface area (Å²) in [6.07, 6.45) is 5.31. The first kappa shape index (κ1) is 23.4. The summed E-state index contributed by atoms with van der Waals surface area (Å²) in [6.45, 7) is 1.48. The van der Waals surface area contributed by atoms with Crippen LogP contribution in [0.2, 0.25) is 0 Å². The molecule has 0 saturated heterocycles. The van der Waals surface area contributed by atoms with Gasteiger partial charge in [-0.15, -0.1) is 0 Å². The zero-order valence-electron chi connectivity index (χ0n) is 18.5. The Morgan fingerprint density at radius 1 is 1.35 bits per heavy atom. The highest BCUT2D eigenvalue weighted by Gasteiger charge is 2.63. The number of thioether (sulfide) groups is 1. The fraction of sp³-hybridized carbons (Fsp3) is 0.261. The molecule has 2 heterocycles. The highest BCUT2D eigenvalue weighted by Crippen LogP contribution is 2.60. The van der Waals surface area contributed by atoms with Gasteiger partial charge >= 0.3 is 0 Å². The smallest absolute Gasteiger partial charge is 0.247 e. The molecule has 1 aliphatic heterocycles. The highest BCUT2D eigenvalue weighted by atomic mass is 32.2. The Labute approximate surface area is 198 Å². The van der Waals surface area contributed by atoms with Crippen molar-refractivity contribution in [2.45, 2.75) is 17.2 Å².